The van der Waals surface area contributed by atoms with Crippen LogP contribution in [0.3, 0.4) is 0 Å². The molecule has 5 nitrogen and oxygen atoms in total. The molecule has 0 saturated carbocycles. The third-order valence-electron chi connectivity index (χ3n) is 3.48. The van der Waals surface area contributed by atoms with E-state index in [0.29, 0.717) is 23.9 Å². The zero-order valence-electron chi connectivity index (χ0n) is 11.8. The SMILES string of the molecule is Cn1nc(COc2ccccc2N2CCCC2=O)cc1Cl. The van der Waals surface area contributed by atoms with Crippen LogP contribution in [0.2, 0.25) is 5.15 Å². The van der Waals surface area contributed by atoms with Crippen molar-refractivity contribution in [2.45, 2.75) is 19.4 Å². The Morgan fingerprint density at radius 2 is 2.19 bits per heavy atom. The van der Waals surface area contributed by atoms with E-state index in [4.69, 9.17) is 16.3 Å². The van der Waals surface area contributed by atoms with Gasteiger partial charge in [-0.1, -0.05) is 23.7 Å². The molecule has 1 aliphatic heterocycles. The molecule has 1 aliphatic rings. The molecule has 0 bridgehead atoms. The number of anilines is 1. The normalized spacial score (nSPS) is 14.8. The average molecular weight is 306 g/mol. The Labute approximate surface area is 128 Å². The highest BCUT2D eigenvalue weighted by Crippen LogP contribution is 2.31. The van der Waals surface area contributed by atoms with E-state index in [0.717, 1.165) is 24.3 Å². The number of ether oxygens (including phenoxy) is 1. The first kappa shape index (κ1) is 13.9. The summed E-state index contributed by atoms with van der Waals surface area (Å²) in [7, 11) is 1.78. The zero-order chi connectivity index (χ0) is 14.8. The summed E-state index contributed by atoms with van der Waals surface area (Å²) in [4.78, 5) is 13.7. The number of halogens is 1. The van der Waals surface area contributed by atoms with Crippen LogP contribution in [0.25, 0.3) is 0 Å². The fourth-order valence-corrected chi connectivity index (χ4v) is 2.59. The largest absolute Gasteiger partial charge is 0.485 e. The highest BCUT2D eigenvalue weighted by Gasteiger charge is 2.24. The number of hydrogen-bond donors (Lipinski definition) is 0. The number of nitrogens with zero attached hydrogens (tertiary/aromatic N) is 3. The zero-order valence-corrected chi connectivity index (χ0v) is 12.5. The van der Waals surface area contributed by atoms with Crippen LogP contribution in [0.15, 0.2) is 30.3 Å². The maximum Gasteiger partial charge on any atom is 0.227 e. The van der Waals surface area contributed by atoms with Crippen molar-refractivity contribution in [2.24, 2.45) is 7.05 Å². The topological polar surface area (TPSA) is 47.4 Å². The second kappa shape index (κ2) is 5.77. The molecule has 21 heavy (non-hydrogen) atoms. The van der Waals surface area contributed by atoms with Crippen molar-refractivity contribution in [1.82, 2.24) is 9.78 Å². The first-order chi connectivity index (χ1) is 10.1. The first-order valence-electron chi connectivity index (χ1n) is 6.86. The van der Waals surface area contributed by atoms with Crippen molar-refractivity contribution >= 4 is 23.2 Å². The van der Waals surface area contributed by atoms with E-state index in [1.54, 1.807) is 22.7 Å². The molecule has 1 saturated heterocycles. The number of para-hydroxylation sites is 2. The Kier molecular flexibility index (Phi) is 3.84. The quantitative estimate of drug-likeness (QED) is 0.872. The molecule has 1 amide bonds. The highest BCUT2D eigenvalue weighted by molar-refractivity contribution is 6.29. The maximum atomic E-state index is 11.9. The Bertz CT molecular complexity index is 649. The van der Waals surface area contributed by atoms with Crippen LogP contribution >= 0.6 is 11.6 Å². The number of aryl methyl sites for hydroxylation is 1. The molecule has 2 heterocycles. The fraction of sp³-hybridized carbons (Fsp3) is 0.333. The van der Waals surface area contributed by atoms with Gasteiger partial charge in [-0.15, -0.1) is 0 Å². The van der Waals surface area contributed by atoms with E-state index >= 15 is 0 Å². The van der Waals surface area contributed by atoms with Gasteiger partial charge in [0.05, 0.1) is 5.69 Å². The molecule has 0 unspecified atom stereocenters. The fourth-order valence-electron chi connectivity index (χ4n) is 2.43. The monoisotopic (exact) mass is 305 g/mol. The van der Waals surface area contributed by atoms with Crippen LogP contribution in [-0.4, -0.2) is 22.2 Å². The van der Waals surface area contributed by atoms with E-state index in [1.165, 1.54) is 0 Å². The number of amides is 1. The van der Waals surface area contributed by atoms with Crippen molar-refractivity contribution in [3.8, 4) is 5.75 Å². The summed E-state index contributed by atoms with van der Waals surface area (Å²) in [6, 6.07) is 9.34. The lowest BCUT2D eigenvalue weighted by Gasteiger charge is -2.19. The summed E-state index contributed by atoms with van der Waals surface area (Å²) in [5.41, 5.74) is 1.58. The summed E-state index contributed by atoms with van der Waals surface area (Å²) in [6.07, 6.45) is 1.49. The lowest BCUT2D eigenvalue weighted by atomic mass is 10.2. The summed E-state index contributed by atoms with van der Waals surface area (Å²) in [6.45, 7) is 1.06. The molecule has 0 radical (unpaired) electrons. The van der Waals surface area contributed by atoms with Gasteiger partial charge in [0.15, 0.2) is 0 Å². The van der Waals surface area contributed by atoms with Crippen LogP contribution in [0, 0.1) is 0 Å². The number of aromatic nitrogens is 2. The summed E-state index contributed by atoms with van der Waals surface area (Å²) in [5.74, 6) is 0.835. The third-order valence-corrected chi connectivity index (χ3v) is 3.83. The summed E-state index contributed by atoms with van der Waals surface area (Å²) < 4.78 is 7.42. The number of carbonyl (C=O) groups is 1. The van der Waals surface area contributed by atoms with Crippen molar-refractivity contribution in [3.05, 3.63) is 41.2 Å². The van der Waals surface area contributed by atoms with Crippen LogP contribution in [0.4, 0.5) is 5.69 Å². The number of carbonyl (C=O) groups excluding carboxylic acids is 1. The first-order valence-corrected chi connectivity index (χ1v) is 7.23. The molecule has 1 fully saturated rings. The van der Waals surface area contributed by atoms with Gasteiger partial charge < -0.3 is 9.64 Å². The molecule has 2 aromatic rings. The van der Waals surface area contributed by atoms with E-state index in [1.807, 2.05) is 24.3 Å². The second-order valence-electron chi connectivity index (χ2n) is 4.99. The van der Waals surface area contributed by atoms with Gasteiger partial charge in [-0.2, -0.15) is 5.10 Å². The number of rotatable bonds is 4. The smallest absolute Gasteiger partial charge is 0.227 e. The van der Waals surface area contributed by atoms with Gasteiger partial charge in [-0.25, -0.2) is 0 Å². The predicted molar refractivity (Wildman–Crippen MR) is 80.6 cm³/mol. The second-order valence-corrected chi connectivity index (χ2v) is 5.37. The molecule has 0 N–H and O–H groups in total. The third kappa shape index (κ3) is 2.88. The minimum Gasteiger partial charge on any atom is -0.485 e. The maximum absolute atomic E-state index is 11.9. The standard InChI is InChI=1S/C15H16ClN3O2/c1-18-14(16)9-11(17-18)10-21-13-6-3-2-5-12(13)19-8-4-7-15(19)20/h2-3,5-6,9H,4,7-8,10H2,1H3. The molecule has 0 spiro atoms. The molecule has 6 heteroatoms. The van der Waals surface area contributed by atoms with E-state index in [-0.39, 0.29) is 5.91 Å². The minimum absolute atomic E-state index is 0.145. The van der Waals surface area contributed by atoms with Gasteiger partial charge in [0.1, 0.15) is 23.2 Å². The van der Waals surface area contributed by atoms with Gasteiger partial charge >= 0.3 is 0 Å². The van der Waals surface area contributed by atoms with Crippen molar-refractivity contribution in [3.63, 3.8) is 0 Å². The van der Waals surface area contributed by atoms with Crippen molar-refractivity contribution in [2.75, 3.05) is 11.4 Å². The summed E-state index contributed by atoms with van der Waals surface area (Å²) >= 11 is 5.96. The van der Waals surface area contributed by atoms with Crippen LogP contribution in [0.1, 0.15) is 18.5 Å². The lowest BCUT2D eigenvalue weighted by Crippen LogP contribution is -2.24. The molecule has 0 aliphatic carbocycles. The van der Waals surface area contributed by atoms with Gasteiger partial charge in [-0.3, -0.25) is 9.48 Å². The molecular weight excluding hydrogens is 290 g/mol. The van der Waals surface area contributed by atoms with E-state index in [9.17, 15) is 4.79 Å². The van der Waals surface area contributed by atoms with Crippen molar-refractivity contribution < 1.29 is 9.53 Å². The Balaban J connectivity index is 1.77. The van der Waals surface area contributed by atoms with Crippen LogP contribution < -0.4 is 9.64 Å². The van der Waals surface area contributed by atoms with Gasteiger partial charge in [0.25, 0.3) is 0 Å². The predicted octanol–water partition coefficient (Wildman–Crippen LogP) is 2.78. The Morgan fingerprint density at radius 3 is 2.86 bits per heavy atom. The summed E-state index contributed by atoms with van der Waals surface area (Å²) in [5, 5.41) is 4.81. The van der Waals surface area contributed by atoms with Gasteiger partial charge in [-0.05, 0) is 18.6 Å². The van der Waals surface area contributed by atoms with Crippen LogP contribution in [0.5, 0.6) is 5.75 Å². The van der Waals surface area contributed by atoms with Gasteiger partial charge in [0.2, 0.25) is 5.91 Å². The molecule has 0 atom stereocenters. The molecular formula is C15H16ClN3O2. The molecule has 1 aromatic heterocycles. The Morgan fingerprint density at radius 1 is 1.38 bits per heavy atom. The Hall–Kier alpha value is -2.01. The van der Waals surface area contributed by atoms with Crippen LogP contribution in [-0.2, 0) is 18.4 Å². The van der Waals surface area contributed by atoms with Gasteiger partial charge in [0, 0.05) is 26.1 Å². The lowest BCUT2D eigenvalue weighted by molar-refractivity contribution is -0.117. The van der Waals surface area contributed by atoms with E-state index in [2.05, 4.69) is 5.10 Å². The average Bonchev–Trinajstić information content (AvgIpc) is 3.03. The minimum atomic E-state index is 0.145. The number of hydrogen-bond acceptors (Lipinski definition) is 3. The van der Waals surface area contributed by atoms with E-state index < -0.39 is 0 Å². The number of benzene rings is 1. The molecule has 1 aromatic carbocycles. The highest BCUT2D eigenvalue weighted by atomic mass is 35.5. The molecule has 110 valence electrons. The molecule has 3 rings (SSSR count). The van der Waals surface area contributed by atoms with Crippen molar-refractivity contribution in [1.29, 1.82) is 0 Å².